The Bertz CT molecular complexity index is 7450. The lowest BCUT2D eigenvalue weighted by atomic mass is 9.33. The summed E-state index contributed by atoms with van der Waals surface area (Å²) in [5, 5.41) is 0.0735. The van der Waals surface area contributed by atoms with E-state index in [-0.39, 0.29) is 55.2 Å². The third-order valence-electron chi connectivity index (χ3n) is 20.3. The van der Waals surface area contributed by atoms with Crippen molar-refractivity contribution in [2.75, 3.05) is 9.80 Å². The molecule has 490 valence electrons. The van der Waals surface area contributed by atoms with E-state index in [1.54, 1.807) is 11.0 Å². The number of aromatic nitrogens is 2. The smallest absolute Gasteiger partial charge is 0.252 e. The Kier molecular flexibility index (Phi) is 9.47. The molecule has 19 rings (SSSR count). The first-order chi connectivity index (χ1) is 58.7. The molecule has 0 bridgehead atoms. The molecule has 0 aliphatic carbocycles. The third kappa shape index (κ3) is 9.67. The summed E-state index contributed by atoms with van der Waals surface area (Å²) in [5.41, 5.74) is 5.23. The molecule has 6 heteroatoms. The molecular weight excluding hydrogens is 1240 g/mol. The fraction of sp³-hybridized carbons (Fsp3) is 0.125. The molecule has 0 radical (unpaired) electrons. The fourth-order valence-electron chi connectivity index (χ4n) is 15.2. The van der Waals surface area contributed by atoms with Crippen molar-refractivity contribution in [3.8, 4) is 55.9 Å². The lowest BCUT2D eigenvalue weighted by Crippen LogP contribution is -2.61. The molecule has 0 N–H and O–H groups in total. The first kappa shape index (κ1) is 42.3. The quantitative estimate of drug-likeness (QED) is 0.142. The Morgan fingerprint density at radius 2 is 0.775 bits per heavy atom. The number of hydrogen-bond donors (Lipinski definition) is 0. The van der Waals surface area contributed by atoms with Crippen LogP contribution < -0.4 is 26.2 Å². The monoisotopic (exact) mass is 1330 g/mol. The summed E-state index contributed by atoms with van der Waals surface area (Å²) < 4.78 is 229. The van der Waals surface area contributed by atoms with Crippen LogP contribution in [0.1, 0.15) is 109 Å². The molecule has 3 aromatic heterocycles. The minimum Gasteiger partial charge on any atom is -0.456 e. The Labute approximate surface area is 627 Å². The van der Waals surface area contributed by atoms with Crippen LogP contribution in [0.2, 0.25) is 0 Å². The zero-order chi connectivity index (χ0) is 88.2. The van der Waals surface area contributed by atoms with Crippen LogP contribution in [0.25, 0.3) is 121 Å². The largest absolute Gasteiger partial charge is 0.456 e. The first-order valence-electron chi connectivity index (χ1n) is 45.2. The van der Waals surface area contributed by atoms with Crippen molar-refractivity contribution >= 4 is 123 Å². The molecule has 0 fully saturated rings. The standard InChI is InChI=1S/C96H77BN4O/c1-94(2,3)65-31-25-29-62(51-65)76-56-67(96(7,8)9)57-77(63-30-26-32-66(52-63)95(4,5)6)93(76)101-87-59-69(99-84-42-22-16-36-73(84)74-37-17-23-43-85(74)99)47-49-80(87)97-79-48-46-68(98-82-40-20-14-34-71(82)72-35-15-21-41-83(72)98)58-86(79)100(81-39-19-13-33-70(81)60-27-11-10-12-28-60)88-54-64(55-89(101)92(88)97)61-45-50-91-78(53-61)75-38-18-24-44-90(75)102-91/h10-59H,1-9H3/i14D,15D,16D,17D,20D,21D,22D,23D,34D,35D,36D,37D,40D,41D,42D,43D,46D,47D,48D,49D,58D,59D. The van der Waals surface area contributed by atoms with Gasteiger partial charge < -0.3 is 23.4 Å². The van der Waals surface area contributed by atoms with E-state index >= 15 is 0 Å². The maximum absolute atomic E-state index is 11.9. The van der Waals surface area contributed by atoms with Crippen LogP contribution in [0.15, 0.2) is 307 Å². The molecule has 0 atom stereocenters. The molecule has 2 aliphatic heterocycles. The maximum atomic E-state index is 11.9. The second-order valence-corrected chi connectivity index (χ2v) is 29.6. The van der Waals surface area contributed by atoms with E-state index in [1.165, 1.54) is 0 Å². The lowest BCUT2D eigenvalue weighted by Gasteiger charge is -2.46. The first-order valence-corrected chi connectivity index (χ1v) is 34.2. The van der Waals surface area contributed by atoms with Gasteiger partial charge in [-0.1, -0.05) is 268 Å². The van der Waals surface area contributed by atoms with Crippen LogP contribution in [0, 0.1) is 0 Å². The van der Waals surface area contributed by atoms with Crippen molar-refractivity contribution in [3.05, 3.63) is 319 Å². The molecule has 0 spiro atoms. The number of nitrogens with zero attached hydrogens (tertiary/aromatic N) is 4. The molecule has 0 amide bonds. The van der Waals surface area contributed by atoms with Gasteiger partial charge in [0.2, 0.25) is 0 Å². The molecular formula is C96H77BN4O. The summed E-state index contributed by atoms with van der Waals surface area (Å²) >= 11 is 0. The molecule has 0 saturated heterocycles. The molecule has 0 saturated carbocycles. The van der Waals surface area contributed by atoms with Gasteiger partial charge >= 0.3 is 0 Å². The van der Waals surface area contributed by atoms with E-state index in [9.17, 15) is 24.7 Å². The van der Waals surface area contributed by atoms with Crippen molar-refractivity contribution in [3.63, 3.8) is 0 Å². The van der Waals surface area contributed by atoms with Crippen LogP contribution >= 0.6 is 0 Å². The Balaban J connectivity index is 1.10. The zero-order valence-electron chi connectivity index (χ0n) is 79.4. The highest BCUT2D eigenvalue weighted by molar-refractivity contribution is 7.00. The third-order valence-corrected chi connectivity index (χ3v) is 20.3. The Morgan fingerprint density at radius 3 is 1.31 bits per heavy atom. The summed E-state index contributed by atoms with van der Waals surface area (Å²) in [7, 11) is 0. The molecule has 5 heterocycles. The van der Waals surface area contributed by atoms with Gasteiger partial charge in [-0.25, -0.2) is 0 Å². The van der Waals surface area contributed by atoms with Gasteiger partial charge in [0.15, 0.2) is 0 Å². The summed E-state index contributed by atoms with van der Waals surface area (Å²) in [5.74, 6) is 0. The van der Waals surface area contributed by atoms with Crippen molar-refractivity contribution in [2.24, 2.45) is 0 Å². The Morgan fingerprint density at radius 1 is 0.314 bits per heavy atom. The van der Waals surface area contributed by atoms with Gasteiger partial charge in [-0.2, -0.15) is 0 Å². The van der Waals surface area contributed by atoms with Crippen LogP contribution in [0.5, 0.6) is 0 Å². The van der Waals surface area contributed by atoms with Crippen molar-refractivity contribution in [2.45, 2.75) is 78.6 Å². The van der Waals surface area contributed by atoms with E-state index in [4.69, 9.17) is 9.90 Å². The van der Waals surface area contributed by atoms with Gasteiger partial charge in [-0.15, -0.1) is 0 Å². The van der Waals surface area contributed by atoms with Crippen LogP contribution in [-0.4, -0.2) is 15.8 Å². The predicted octanol–water partition coefficient (Wildman–Crippen LogP) is 24.4. The SMILES string of the molecule is [2H]c1c([2H])c(-n2c3c([2H])c([2H])c([2H])c([2H])c3c3c([2H])c([2H])c([2H])c([2H])c32)c([2H])c2c1B1c3c(cc(-c4ccc5oc6ccccc6c5c4)cc3N(c3c(-c4cccc(C(C)(C)C)c4)cc(C(C)(C)C)cc3-c3cccc(C(C)(C)C)c3)c3c([2H])c(-n4c5c([2H])c([2H])c([2H])c([2H])c5c5c([2H])c([2H])c([2H])c([2H])c54)c([2H])c([2H])c31)N2c1ccccc1-c1ccccc1. The highest BCUT2D eigenvalue weighted by Crippen LogP contribution is 2.55. The average molecular weight is 1340 g/mol. The highest BCUT2D eigenvalue weighted by atomic mass is 16.3. The summed E-state index contributed by atoms with van der Waals surface area (Å²) in [6.07, 6.45) is 0. The number of para-hydroxylation sites is 6. The number of anilines is 6. The second-order valence-electron chi connectivity index (χ2n) is 29.6. The topological polar surface area (TPSA) is 29.5 Å². The molecule has 102 heavy (non-hydrogen) atoms. The van der Waals surface area contributed by atoms with Crippen LogP contribution in [0.3, 0.4) is 0 Å². The average Bonchev–Trinajstić information content (AvgIpc) is 0.918. The van der Waals surface area contributed by atoms with Crippen LogP contribution in [-0.2, 0) is 16.2 Å². The minimum atomic E-state index is -1.67. The van der Waals surface area contributed by atoms with Gasteiger partial charge in [0.05, 0.1) is 63.6 Å². The zero-order valence-corrected chi connectivity index (χ0v) is 57.4. The molecule has 5 nitrogen and oxygen atoms in total. The van der Waals surface area contributed by atoms with Crippen molar-refractivity contribution < 1.29 is 34.6 Å². The normalized spacial score (nSPS) is 16.1. The van der Waals surface area contributed by atoms with Gasteiger partial charge in [-0.3, -0.25) is 0 Å². The van der Waals surface area contributed by atoms with Gasteiger partial charge in [0.25, 0.3) is 6.71 Å². The van der Waals surface area contributed by atoms with E-state index < -0.39 is 189 Å². The van der Waals surface area contributed by atoms with E-state index in [1.807, 2.05) is 132 Å². The number of benzene rings is 14. The number of hydrogen-bond acceptors (Lipinski definition) is 3. The van der Waals surface area contributed by atoms with E-state index in [0.29, 0.717) is 72.5 Å². The number of fused-ring (bicyclic) bond motifs is 13. The van der Waals surface area contributed by atoms with Crippen molar-refractivity contribution in [1.82, 2.24) is 9.13 Å². The predicted molar refractivity (Wildman–Crippen MR) is 434 cm³/mol. The fourth-order valence-corrected chi connectivity index (χ4v) is 15.2. The maximum Gasteiger partial charge on any atom is 0.252 e. The lowest BCUT2D eigenvalue weighted by molar-refractivity contribution is 0.589. The molecule has 17 aromatic rings. The van der Waals surface area contributed by atoms with Crippen LogP contribution in [0.4, 0.5) is 34.1 Å². The molecule has 0 unspecified atom stereocenters. The minimum absolute atomic E-state index is 0.167. The molecule has 14 aromatic carbocycles. The van der Waals surface area contributed by atoms with Gasteiger partial charge in [0, 0.05) is 83.1 Å². The van der Waals surface area contributed by atoms with Gasteiger partial charge in [-0.05, 0) is 174 Å². The highest BCUT2D eigenvalue weighted by Gasteiger charge is 2.46. The number of rotatable bonds is 8. The molecule has 2 aliphatic rings. The summed E-state index contributed by atoms with van der Waals surface area (Å²) in [6.45, 7) is 17.3. The second kappa shape index (κ2) is 22.8. The van der Waals surface area contributed by atoms with Crippen molar-refractivity contribution in [1.29, 1.82) is 0 Å². The van der Waals surface area contributed by atoms with E-state index in [2.05, 4.69) is 98.7 Å². The Hall–Kier alpha value is -11.9. The van der Waals surface area contributed by atoms with E-state index in [0.717, 1.165) is 36.6 Å². The summed E-state index contributed by atoms with van der Waals surface area (Å²) in [4.78, 5) is 3.70. The summed E-state index contributed by atoms with van der Waals surface area (Å²) in [6, 6.07) is 38.7. The van der Waals surface area contributed by atoms with Gasteiger partial charge in [0.1, 0.15) is 11.2 Å². The number of furan rings is 1.